The van der Waals surface area contributed by atoms with E-state index in [2.05, 4.69) is 27.4 Å². The number of rotatable bonds is 4. The quantitative estimate of drug-likeness (QED) is 0.784. The molecule has 1 aliphatic heterocycles. The van der Waals surface area contributed by atoms with Gasteiger partial charge in [-0.2, -0.15) is 13.2 Å². The second kappa shape index (κ2) is 9.82. The van der Waals surface area contributed by atoms with Gasteiger partial charge < -0.3 is 19.3 Å². The predicted molar refractivity (Wildman–Crippen MR) is 106 cm³/mol. The van der Waals surface area contributed by atoms with E-state index in [1.165, 1.54) is 0 Å². The van der Waals surface area contributed by atoms with E-state index in [-0.39, 0.29) is 11.9 Å². The Hall–Kier alpha value is -3.08. The van der Waals surface area contributed by atoms with Gasteiger partial charge in [0.25, 0.3) is 5.91 Å². The van der Waals surface area contributed by atoms with Gasteiger partial charge >= 0.3 is 12.1 Å². The van der Waals surface area contributed by atoms with Crippen molar-refractivity contribution in [2.75, 3.05) is 27.7 Å². The van der Waals surface area contributed by atoms with Gasteiger partial charge in [0.05, 0.1) is 13.2 Å². The summed E-state index contributed by atoms with van der Waals surface area (Å²) < 4.78 is 39.3. The number of aromatic nitrogens is 2. The Morgan fingerprint density at radius 2 is 1.87 bits per heavy atom. The molecule has 1 aromatic heterocycles. The maximum absolute atomic E-state index is 12.1. The third kappa shape index (κ3) is 5.97. The zero-order valence-corrected chi connectivity index (χ0v) is 17.7. The highest BCUT2D eigenvalue weighted by Gasteiger charge is 2.38. The summed E-state index contributed by atoms with van der Waals surface area (Å²) in [5, 5.41) is 7.12. The molecule has 170 valence electrons. The SMILES string of the molecule is COc1ccccc1CN1CCn2cc(C(=O)N(C)C)nc2C1C.O=C(O)C(F)(F)F. The molecule has 0 spiro atoms. The number of carbonyl (C=O) groups excluding carboxylic acids is 1. The first kappa shape index (κ1) is 24.2. The maximum atomic E-state index is 12.1. The molecule has 1 unspecified atom stereocenters. The Bertz CT molecular complexity index is 927. The number of alkyl halides is 3. The fraction of sp³-hybridized carbons (Fsp3) is 0.450. The van der Waals surface area contributed by atoms with E-state index in [4.69, 9.17) is 14.6 Å². The molecule has 1 aromatic carbocycles. The molecule has 0 radical (unpaired) electrons. The molecule has 31 heavy (non-hydrogen) atoms. The molecule has 0 fully saturated rings. The molecule has 8 nitrogen and oxygen atoms in total. The van der Waals surface area contributed by atoms with Crippen LogP contribution in [0.25, 0.3) is 0 Å². The van der Waals surface area contributed by atoms with Crippen molar-refractivity contribution in [1.29, 1.82) is 0 Å². The summed E-state index contributed by atoms with van der Waals surface area (Å²) in [6.07, 6.45) is -3.21. The van der Waals surface area contributed by atoms with Crippen molar-refractivity contribution in [3.8, 4) is 5.75 Å². The second-order valence-electron chi connectivity index (χ2n) is 7.14. The molecule has 3 rings (SSSR count). The van der Waals surface area contributed by atoms with E-state index in [0.29, 0.717) is 5.69 Å². The molecular formula is C20H25F3N4O4. The van der Waals surface area contributed by atoms with Crippen LogP contribution in [0.3, 0.4) is 0 Å². The molecule has 1 N–H and O–H groups in total. The number of hydrogen-bond donors (Lipinski definition) is 1. The highest BCUT2D eigenvalue weighted by atomic mass is 19.4. The summed E-state index contributed by atoms with van der Waals surface area (Å²) in [5.41, 5.74) is 1.68. The first-order valence-corrected chi connectivity index (χ1v) is 9.40. The number of para-hydroxylation sites is 1. The van der Waals surface area contributed by atoms with Crippen LogP contribution in [-0.2, 0) is 17.9 Å². The number of amides is 1. The minimum Gasteiger partial charge on any atom is -0.496 e. The van der Waals surface area contributed by atoms with Crippen molar-refractivity contribution < 1.29 is 32.6 Å². The lowest BCUT2D eigenvalue weighted by Crippen LogP contribution is -2.36. The van der Waals surface area contributed by atoms with Gasteiger partial charge in [-0.1, -0.05) is 18.2 Å². The van der Waals surface area contributed by atoms with Crippen LogP contribution in [0.1, 0.15) is 34.8 Å². The van der Waals surface area contributed by atoms with Crippen molar-refractivity contribution >= 4 is 11.9 Å². The van der Waals surface area contributed by atoms with Crippen LogP contribution in [0.2, 0.25) is 0 Å². The number of aliphatic carboxylic acids is 1. The van der Waals surface area contributed by atoms with E-state index in [1.807, 2.05) is 24.4 Å². The fourth-order valence-corrected chi connectivity index (χ4v) is 3.14. The number of fused-ring (bicyclic) bond motifs is 1. The highest BCUT2D eigenvalue weighted by molar-refractivity contribution is 5.91. The van der Waals surface area contributed by atoms with Gasteiger partial charge in [0.15, 0.2) is 0 Å². The molecule has 1 amide bonds. The van der Waals surface area contributed by atoms with E-state index < -0.39 is 12.1 Å². The summed E-state index contributed by atoms with van der Waals surface area (Å²) >= 11 is 0. The van der Waals surface area contributed by atoms with Crippen LogP contribution < -0.4 is 4.74 Å². The van der Waals surface area contributed by atoms with Crippen LogP contribution in [0.15, 0.2) is 30.5 Å². The van der Waals surface area contributed by atoms with Crippen molar-refractivity contribution in [2.24, 2.45) is 0 Å². The van der Waals surface area contributed by atoms with Gasteiger partial charge in [-0.05, 0) is 13.0 Å². The molecule has 0 saturated carbocycles. The largest absolute Gasteiger partial charge is 0.496 e. The molecule has 2 aromatic rings. The smallest absolute Gasteiger partial charge is 0.490 e. The van der Waals surface area contributed by atoms with E-state index in [0.717, 1.165) is 36.8 Å². The monoisotopic (exact) mass is 442 g/mol. The van der Waals surface area contributed by atoms with Crippen LogP contribution in [-0.4, -0.2) is 70.3 Å². The summed E-state index contributed by atoms with van der Waals surface area (Å²) in [7, 11) is 5.19. The number of carbonyl (C=O) groups is 2. The number of imidazole rings is 1. The Balaban J connectivity index is 0.000000423. The van der Waals surface area contributed by atoms with Crippen molar-refractivity contribution in [1.82, 2.24) is 19.4 Å². The first-order valence-electron chi connectivity index (χ1n) is 9.40. The number of ether oxygens (including phenoxy) is 1. The lowest BCUT2D eigenvalue weighted by Gasteiger charge is -2.34. The Morgan fingerprint density at radius 1 is 1.26 bits per heavy atom. The Labute approximate surface area is 177 Å². The molecular weight excluding hydrogens is 417 g/mol. The van der Waals surface area contributed by atoms with Gasteiger partial charge in [0.2, 0.25) is 0 Å². The maximum Gasteiger partial charge on any atom is 0.490 e. The van der Waals surface area contributed by atoms with Crippen molar-refractivity contribution in [3.05, 3.63) is 47.5 Å². The van der Waals surface area contributed by atoms with Gasteiger partial charge in [0, 0.05) is 45.5 Å². The topological polar surface area (TPSA) is 87.9 Å². The minimum absolute atomic E-state index is 0.0552. The molecule has 2 heterocycles. The summed E-state index contributed by atoms with van der Waals surface area (Å²) in [6, 6.07) is 8.23. The van der Waals surface area contributed by atoms with Crippen LogP contribution in [0.5, 0.6) is 5.75 Å². The molecule has 0 bridgehead atoms. The third-order valence-corrected chi connectivity index (χ3v) is 4.79. The van der Waals surface area contributed by atoms with Gasteiger partial charge in [0.1, 0.15) is 17.3 Å². The number of benzene rings is 1. The second-order valence-corrected chi connectivity index (χ2v) is 7.14. The average Bonchev–Trinajstić information content (AvgIpc) is 3.14. The van der Waals surface area contributed by atoms with E-state index >= 15 is 0 Å². The number of halogens is 3. The summed E-state index contributed by atoms with van der Waals surface area (Å²) in [6.45, 7) is 4.69. The molecule has 0 saturated heterocycles. The van der Waals surface area contributed by atoms with Crippen molar-refractivity contribution in [3.63, 3.8) is 0 Å². The Morgan fingerprint density at radius 3 is 2.42 bits per heavy atom. The average molecular weight is 442 g/mol. The summed E-state index contributed by atoms with van der Waals surface area (Å²) in [4.78, 5) is 29.6. The zero-order valence-electron chi connectivity index (χ0n) is 17.7. The van der Waals surface area contributed by atoms with E-state index in [9.17, 15) is 18.0 Å². The lowest BCUT2D eigenvalue weighted by atomic mass is 10.1. The zero-order chi connectivity index (χ0) is 23.3. The fourth-order valence-electron chi connectivity index (χ4n) is 3.14. The van der Waals surface area contributed by atoms with Crippen LogP contribution in [0, 0.1) is 0 Å². The number of carboxylic acid groups (broad SMARTS) is 1. The number of nitrogens with zero attached hydrogens (tertiary/aromatic N) is 4. The summed E-state index contributed by atoms with van der Waals surface area (Å²) in [5.74, 6) is -0.962. The first-order chi connectivity index (χ1) is 14.5. The number of carboxylic acids is 1. The van der Waals surface area contributed by atoms with Gasteiger partial charge in [-0.3, -0.25) is 9.69 Å². The number of hydrogen-bond acceptors (Lipinski definition) is 5. The Kier molecular flexibility index (Phi) is 7.66. The van der Waals surface area contributed by atoms with Crippen LogP contribution >= 0.6 is 0 Å². The third-order valence-electron chi connectivity index (χ3n) is 4.79. The minimum atomic E-state index is -5.08. The van der Waals surface area contributed by atoms with Crippen LogP contribution in [0.4, 0.5) is 13.2 Å². The predicted octanol–water partition coefficient (Wildman–Crippen LogP) is 2.80. The lowest BCUT2D eigenvalue weighted by molar-refractivity contribution is -0.192. The van der Waals surface area contributed by atoms with Gasteiger partial charge in [-0.25, -0.2) is 9.78 Å². The van der Waals surface area contributed by atoms with Crippen molar-refractivity contribution in [2.45, 2.75) is 32.2 Å². The van der Waals surface area contributed by atoms with Gasteiger partial charge in [-0.15, -0.1) is 0 Å². The molecule has 0 aliphatic carbocycles. The highest BCUT2D eigenvalue weighted by Crippen LogP contribution is 2.28. The molecule has 11 heteroatoms. The van der Waals surface area contributed by atoms with E-state index in [1.54, 1.807) is 26.1 Å². The molecule has 1 atom stereocenters. The molecule has 1 aliphatic rings. The standard InChI is InChI=1S/C18H24N4O2.C2HF3O2/c1-13-17-19-15(18(23)20(2)3)12-22(17)10-9-21(13)11-14-7-5-6-8-16(14)24-4;3-2(4,5)1(6)7/h5-8,12-13H,9-11H2,1-4H3;(H,6,7). The number of methoxy groups -OCH3 is 1. The normalized spacial score (nSPS) is 16.0.